The number of para-hydroxylation sites is 1. The van der Waals surface area contributed by atoms with Crippen molar-refractivity contribution in [2.45, 2.75) is 26.4 Å². The lowest BCUT2D eigenvalue weighted by Gasteiger charge is -2.36. The van der Waals surface area contributed by atoms with Gasteiger partial charge in [-0.3, -0.25) is 9.47 Å². The Morgan fingerprint density at radius 2 is 1.83 bits per heavy atom. The third kappa shape index (κ3) is 4.04. The fourth-order valence-corrected chi connectivity index (χ4v) is 3.35. The molecule has 1 fully saturated rings. The van der Waals surface area contributed by atoms with Crippen LogP contribution in [-0.2, 0) is 6.54 Å². The molecular formula is C19H29N5. The van der Waals surface area contributed by atoms with E-state index in [1.165, 1.54) is 37.6 Å². The van der Waals surface area contributed by atoms with Crippen LogP contribution in [0.5, 0.6) is 0 Å². The van der Waals surface area contributed by atoms with E-state index in [2.05, 4.69) is 69.8 Å². The van der Waals surface area contributed by atoms with E-state index in [0.29, 0.717) is 6.04 Å². The second-order valence-electron chi connectivity index (χ2n) is 6.79. The van der Waals surface area contributed by atoms with Crippen molar-refractivity contribution in [3.05, 3.63) is 48.0 Å². The van der Waals surface area contributed by atoms with Gasteiger partial charge in [-0.2, -0.15) is 0 Å². The topological polar surface area (TPSA) is 36.3 Å². The van der Waals surface area contributed by atoms with Crippen LogP contribution in [0.25, 0.3) is 5.69 Å². The minimum Gasteiger partial charge on any atom is -0.310 e. The van der Waals surface area contributed by atoms with Gasteiger partial charge in [-0.05, 0) is 33.0 Å². The quantitative estimate of drug-likeness (QED) is 0.879. The van der Waals surface area contributed by atoms with Crippen LogP contribution in [0.2, 0.25) is 0 Å². The summed E-state index contributed by atoms with van der Waals surface area (Å²) in [6, 6.07) is 11.0. The van der Waals surface area contributed by atoms with E-state index in [1.807, 2.05) is 12.3 Å². The van der Waals surface area contributed by atoms with Gasteiger partial charge in [-0.1, -0.05) is 18.2 Å². The van der Waals surface area contributed by atoms with E-state index < -0.39 is 0 Å². The number of hydrogen-bond donors (Lipinski definition) is 1. The standard InChI is InChI=1S/C19H29N5/c1-16(23-11-9-22(3)10-12-23)13-20-14-19-15-21-17(2)24(19)18-7-5-4-6-8-18/h4-8,15-16,20H,9-14H2,1-3H3. The highest BCUT2D eigenvalue weighted by atomic mass is 15.3. The largest absolute Gasteiger partial charge is 0.310 e. The number of benzene rings is 1. The highest BCUT2D eigenvalue weighted by Crippen LogP contribution is 2.14. The third-order valence-electron chi connectivity index (χ3n) is 4.93. The van der Waals surface area contributed by atoms with Gasteiger partial charge in [0.25, 0.3) is 0 Å². The summed E-state index contributed by atoms with van der Waals surface area (Å²) in [4.78, 5) is 9.47. The molecule has 130 valence electrons. The Morgan fingerprint density at radius 1 is 1.12 bits per heavy atom. The van der Waals surface area contributed by atoms with Gasteiger partial charge in [0.2, 0.25) is 0 Å². The molecule has 1 aliphatic heterocycles. The zero-order valence-electron chi connectivity index (χ0n) is 15.1. The molecule has 1 aromatic carbocycles. The zero-order valence-corrected chi connectivity index (χ0v) is 15.1. The first-order valence-electron chi connectivity index (χ1n) is 8.87. The molecule has 24 heavy (non-hydrogen) atoms. The minimum absolute atomic E-state index is 0.563. The molecule has 5 nitrogen and oxygen atoms in total. The van der Waals surface area contributed by atoms with Crippen molar-refractivity contribution >= 4 is 0 Å². The average Bonchev–Trinajstić information content (AvgIpc) is 2.97. The molecule has 1 N–H and O–H groups in total. The predicted molar refractivity (Wildman–Crippen MR) is 98.5 cm³/mol. The summed E-state index contributed by atoms with van der Waals surface area (Å²) in [5.41, 5.74) is 2.39. The number of aryl methyl sites for hydroxylation is 1. The van der Waals surface area contributed by atoms with Gasteiger partial charge in [-0.25, -0.2) is 4.98 Å². The zero-order chi connectivity index (χ0) is 16.9. The first-order valence-corrected chi connectivity index (χ1v) is 8.87. The fourth-order valence-electron chi connectivity index (χ4n) is 3.35. The van der Waals surface area contributed by atoms with Gasteiger partial charge in [0, 0.05) is 51.0 Å². The van der Waals surface area contributed by atoms with Crippen LogP contribution in [0.1, 0.15) is 18.4 Å². The van der Waals surface area contributed by atoms with Gasteiger partial charge in [-0.15, -0.1) is 0 Å². The molecule has 0 amide bonds. The number of aromatic nitrogens is 2. The SMILES string of the molecule is Cc1ncc(CNCC(C)N2CCN(C)CC2)n1-c1ccccc1. The number of imidazole rings is 1. The number of nitrogens with zero attached hydrogens (tertiary/aromatic N) is 4. The molecule has 1 unspecified atom stereocenters. The molecular weight excluding hydrogens is 298 g/mol. The van der Waals surface area contributed by atoms with Crippen molar-refractivity contribution in [2.24, 2.45) is 0 Å². The molecule has 0 bridgehead atoms. The maximum Gasteiger partial charge on any atom is 0.110 e. The Balaban J connectivity index is 1.56. The molecule has 2 heterocycles. The summed E-state index contributed by atoms with van der Waals surface area (Å²) in [6.07, 6.45) is 1.98. The van der Waals surface area contributed by atoms with Crippen molar-refractivity contribution in [1.29, 1.82) is 0 Å². The van der Waals surface area contributed by atoms with Crippen LogP contribution >= 0.6 is 0 Å². The summed E-state index contributed by atoms with van der Waals surface area (Å²) in [5, 5.41) is 3.62. The summed E-state index contributed by atoms with van der Waals surface area (Å²) < 4.78 is 2.23. The van der Waals surface area contributed by atoms with Crippen LogP contribution in [0.3, 0.4) is 0 Å². The molecule has 0 radical (unpaired) electrons. The Kier molecular flexibility index (Phi) is 5.66. The maximum atomic E-state index is 4.50. The molecule has 1 aliphatic rings. The molecule has 5 heteroatoms. The molecule has 1 aromatic heterocycles. The van der Waals surface area contributed by atoms with Crippen molar-refractivity contribution in [2.75, 3.05) is 39.8 Å². The smallest absolute Gasteiger partial charge is 0.110 e. The summed E-state index contributed by atoms with van der Waals surface area (Å²) in [6.45, 7) is 10.9. The van der Waals surface area contributed by atoms with E-state index in [0.717, 1.165) is 18.9 Å². The van der Waals surface area contributed by atoms with Crippen LogP contribution in [0.4, 0.5) is 0 Å². The van der Waals surface area contributed by atoms with Gasteiger partial charge in [0.15, 0.2) is 0 Å². The Morgan fingerprint density at radius 3 is 2.54 bits per heavy atom. The Bertz CT molecular complexity index is 628. The molecule has 3 rings (SSSR count). The Hall–Kier alpha value is -1.69. The highest BCUT2D eigenvalue weighted by molar-refractivity contribution is 5.35. The molecule has 0 spiro atoms. The lowest BCUT2D eigenvalue weighted by atomic mass is 10.2. The van der Waals surface area contributed by atoms with Crippen LogP contribution in [0, 0.1) is 6.92 Å². The number of hydrogen-bond acceptors (Lipinski definition) is 4. The second-order valence-corrected chi connectivity index (χ2v) is 6.79. The number of likely N-dealkylation sites (N-methyl/N-ethyl adjacent to an activating group) is 1. The van der Waals surface area contributed by atoms with E-state index in [-0.39, 0.29) is 0 Å². The van der Waals surface area contributed by atoms with Crippen LogP contribution in [-0.4, -0.2) is 65.2 Å². The lowest BCUT2D eigenvalue weighted by molar-refractivity contribution is 0.117. The van der Waals surface area contributed by atoms with E-state index in [1.54, 1.807) is 0 Å². The van der Waals surface area contributed by atoms with Crippen molar-refractivity contribution < 1.29 is 0 Å². The van der Waals surface area contributed by atoms with Gasteiger partial charge in [0.1, 0.15) is 5.82 Å². The molecule has 2 aromatic rings. The van der Waals surface area contributed by atoms with Crippen LogP contribution < -0.4 is 5.32 Å². The summed E-state index contributed by atoms with van der Waals surface area (Å²) in [5.74, 6) is 1.03. The van der Waals surface area contributed by atoms with Crippen molar-refractivity contribution in [1.82, 2.24) is 24.7 Å². The monoisotopic (exact) mass is 327 g/mol. The molecule has 0 aliphatic carbocycles. The summed E-state index contributed by atoms with van der Waals surface area (Å²) in [7, 11) is 2.20. The van der Waals surface area contributed by atoms with Gasteiger partial charge in [0.05, 0.1) is 11.9 Å². The second kappa shape index (κ2) is 7.92. The Labute approximate surface area is 145 Å². The fraction of sp³-hybridized carbons (Fsp3) is 0.526. The van der Waals surface area contributed by atoms with E-state index >= 15 is 0 Å². The molecule has 1 saturated heterocycles. The normalized spacial score (nSPS) is 18.0. The molecule has 1 atom stereocenters. The van der Waals surface area contributed by atoms with Gasteiger partial charge >= 0.3 is 0 Å². The minimum atomic E-state index is 0.563. The predicted octanol–water partition coefficient (Wildman–Crippen LogP) is 1.91. The summed E-state index contributed by atoms with van der Waals surface area (Å²) >= 11 is 0. The molecule has 0 saturated carbocycles. The highest BCUT2D eigenvalue weighted by Gasteiger charge is 2.18. The van der Waals surface area contributed by atoms with E-state index in [9.17, 15) is 0 Å². The van der Waals surface area contributed by atoms with Gasteiger partial charge < -0.3 is 10.2 Å². The maximum absolute atomic E-state index is 4.50. The number of piperazine rings is 1. The number of nitrogens with one attached hydrogen (secondary N) is 1. The average molecular weight is 327 g/mol. The van der Waals surface area contributed by atoms with E-state index in [4.69, 9.17) is 0 Å². The lowest BCUT2D eigenvalue weighted by Crippen LogP contribution is -2.50. The van der Waals surface area contributed by atoms with Crippen molar-refractivity contribution in [3.8, 4) is 5.69 Å². The number of rotatable bonds is 6. The first-order chi connectivity index (χ1) is 11.6. The first kappa shape index (κ1) is 17.1. The van der Waals surface area contributed by atoms with Crippen molar-refractivity contribution in [3.63, 3.8) is 0 Å². The van der Waals surface area contributed by atoms with Crippen LogP contribution in [0.15, 0.2) is 36.5 Å². The third-order valence-corrected chi connectivity index (χ3v) is 4.93.